The average Bonchev–Trinajstić information content (AvgIpc) is 3.27. The first kappa shape index (κ1) is 15.8. The summed E-state index contributed by atoms with van der Waals surface area (Å²) in [6.45, 7) is 1.55. The number of piperidine rings is 1. The van der Waals surface area contributed by atoms with E-state index >= 15 is 0 Å². The Morgan fingerprint density at radius 2 is 1.81 bits per heavy atom. The second kappa shape index (κ2) is 6.89. The Balaban J connectivity index is 1.72. The quantitative estimate of drug-likeness (QED) is 0.570. The molecule has 0 spiro atoms. The normalized spacial score (nSPS) is 25.5. The number of carboxylic acids is 1. The maximum atomic E-state index is 12.1. The van der Waals surface area contributed by atoms with Gasteiger partial charge < -0.3 is 20.4 Å². The lowest BCUT2D eigenvalue weighted by Gasteiger charge is -2.31. The number of nitrogens with one attached hydrogen (secondary N) is 1. The molecule has 0 bridgehead atoms. The van der Waals surface area contributed by atoms with Gasteiger partial charge in [0.25, 0.3) is 0 Å². The van der Waals surface area contributed by atoms with Crippen LogP contribution in [0.25, 0.3) is 0 Å². The molecule has 0 aromatic heterocycles. The highest BCUT2D eigenvalue weighted by atomic mass is 16.4. The van der Waals surface area contributed by atoms with Gasteiger partial charge in [-0.3, -0.25) is 14.4 Å². The molecule has 2 rings (SSSR count). The van der Waals surface area contributed by atoms with Crippen LogP contribution in [0.4, 0.5) is 0 Å². The molecule has 1 saturated heterocycles. The fourth-order valence-electron chi connectivity index (χ4n) is 2.77. The van der Waals surface area contributed by atoms with Gasteiger partial charge in [-0.15, -0.1) is 0 Å². The van der Waals surface area contributed by atoms with Gasteiger partial charge in [0.15, 0.2) is 0 Å². The van der Waals surface area contributed by atoms with Crippen LogP contribution in [0.2, 0.25) is 0 Å². The molecule has 3 N–H and O–H groups in total. The zero-order valence-electron chi connectivity index (χ0n) is 12.0. The van der Waals surface area contributed by atoms with E-state index in [1.807, 2.05) is 0 Å². The van der Waals surface area contributed by atoms with Crippen molar-refractivity contribution in [3.63, 3.8) is 0 Å². The van der Waals surface area contributed by atoms with Gasteiger partial charge in [0.1, 0.15) is 0 Å². The first-order chi connectivity index (χ1) is 10.0. The van der Waals surface area contributed by atoms with Crippen molar-refractivity contribution in [2.24, 2.45) is 17.8 Å². The molecule has 21 heavy (non-hydrogen) atoms. The number of likely N-dealkylation sites (tertiary alicyclic amines) is 1. The van der Waals surface area contributed by atoms with Crippen LogP contribution in [0.1, 0.15) is 25.7 Å². The minimum atomic E-state index is -0.897. The average molecular weight is 298 g/mol. The lowest BCUT2D eigenvalue weighted by molar-refractivity contribution is -0.142. The summed E-state index contributed by atoms with van der Waals surface area (Å²) in [7, 11) is 0. The number of carbonyl (C=O) groups is 3. The Bertz CT molecular complexity index is 418. The van der Waals surface area contributed by atoms with E-state index in [1.54, 1.807) is 4.90 Å². The van der Waals surface area contributed by atoms with Crippen LogP contribution in [0.5, 0.6) is 0 Å². The Labute approximate surface area is 123 Å². The molecule has 0 aromatic rings. The van der Waals surface area contributed by atoms with E-state index in [0.29, 0.717) is 45.3 Å². The number of carboxylic acid groups (broad SMARTS) is 1. The summed E-state index contributed by atoms with van der Waals surface area (Å²) in [6.07, 6.45) is 2.21. The van der Waals surface area contributed by atoms with Crippen molar-refractivity contribution in [3.8, 4) is 0 Å². The fourth-order valence-corrected chi connectivity index (χ4v) is 2.77. The van der Waals surface area contributed by atoms with E-state index in [1.165, 1.54) is 0 Å². The minimum Gasteiger partial charge on any atom is -0.481 e. The Hall–Kier alpha value is -1.63. The van der Waals surface area contributed by atoms with Crippen LogP contribution in [-0.4, -0.2) is 59.1 Å². The highest BCUT2D eigenvalue weighted by Gasteiger charge is 2.50. The van der Waals surface area contributed by atoms with E-state index in [0.717, 1.165) is 0 Å². The van der Waals surface area contributed by atoms with E-state index in [9.17, 15) is 14.4 Å². The molecule has 2 aliphatic rings. The van der Waals surface area contributed by atoms with Crippen LogP contribution >= 0.6 is 0 Å². The largest absolute Gasteiger partial charge is 0.481 e. The summed E-state index contributed by atoms with van der Waals surface area (Å²) in [5, 5.41) is 20.3. The minimum absolute atomic E-state index is 0.0228. The molecule has 1 aliphatic heterocycles. The Morgan fingerprint density at radius 3 is 2.33 bits per heavy atom. The lowest BCUT2D eigenvalue weighted by atomic mass is 9.95. The van der Waals surface area contributed by atoms with E-state index in [-0.39, 0.29) is 30.3 Å². The standard InChI is InChI=1S/C14H22N2O5/c17-7-1-4-15-12(18)9-2-5-16(6-3-9)13(19)10-8-11(10)14(20)21/h9-11,17H,1-8H2,(H,15,18)(H,20,21). The number of carbonyl (C=O) groups excluding carboxylic acids is 2. The molecule has 2 unspecified atom stereocenters. The van der Waals surface area contributed by atoms with Gasteiger partial charge in [-0.05, 0) is 25.7 Å². The number of amides is 2. The summed E-state index contributed by atoms with van der Waals surface area (Å²) in [6, 6.07) is 0. The zero-order valence-corrected chi connectivity index (χ0v) is 12.0. The number of aliphatic carboxylic acids is 1. The molecule has 2 atom stereocenters. The SMILES string of the molecule is O=C(NCCCO)C1CCN(C(=O)C2CC2C(=O)O)CC1. The van der Waals surface area contributed by atoms with Gasteiger partial charge in [-0.1, -0.05) is 0 Å². The summed E-state index contributed by atoms with van der Waals surface area (Å²) in [4.78, 5) is 36.4. The highest BCUT2D eigenvalue weighted by molar-refractivity contribution is 5.89. The molecule has 7 heteroatoms. The van der Waals surface area contributed by atoms with Crippen molar-refractivity contribution in [1.82, 2.24) is 10.2 Å². The van der Waals surface area contributed by atoms with Gasteiger partial charge in [0.2, 0.25) is 11.8 Å². The number of rotatable bonds is 6. The molecule has 0 aromatic carbocycles. The molecule has 1 heterocycles. The molecule has 7 nitrogen and oxygen atoms in total. The Morgan fingerprint density at radius 1 is 1.14 bits per heavy atom. The molecule has 118 valence electrons. The predicted octanol–water partition coefficient (Wildman–Crippen LogP) is -0.556. The predicted molar refractivity (Wildman–Crippen MR) is 73.2 cm³/mol. The Kier molecular flexibility index (Phi) is 5.17. The van der Waals surface area contributed by atoms with Crippen molar-refractivity contribution < 1.29 is 24.6 Å². The second-order valence-corrected chi connectivity index (χ2v) is 5.75. The van der Waals surface area contributed by atoms with Gasteiger partial charge in [0.05, 0.1) is 11.8 Å². The van der Waals surface area contributed by atoms with Crippen molar-refractivity contribution in [1.29, 1.82) is 0 Å². The molecule has 2 amide bonds. The van der Waals surface area contributed by atoms with Crippen molar-refractivity contribution in [3.05, 3.63) is 0 Å². The molecule has 1 saturated carbocycles. The number of hydrogen-bond donors (Lipinski definition) is 3. The van der Waals surface area contributed by atoms with Crippen LogP contribution in [0, 0.1) is 17.8 Å². The molecular weight excluding hydrogens is 276 g/mol. The van der Waals surface area contributed by atoms with Crippen LogP contribution in [0.15, 0.2) is 0 Å². The van der Waals surface area contributed by atoms with Crippen molar-refractivity contribution >= 4 is 17.8 Å². The van der Waals surface area contributed by atoms with E-state index in [2.05, 4.69) is 5.32 Å². The molecular formula is C14H22N2O5. The highest BCUT2D eigenvalue weighted by Crippen LogP contribution is 2.40. The van der Waals surface area contributed by atoms with Gasteiger partial charge in [-0.25, -0.2) is 0 Å². The third-order valence-electron chi connectivity index (χ3n) is 4.24. The van der Waals surface area contributed by atoms with Gasteiger partial charge >= 0.3 is 5.97 Å². The third-order valence-corrected chi connectivity index (χ3v) is 4.24. The summed E-state index contributed by atoms with van der Waals surface area (Å²) >= 11 is 0. The van der Waals surface area contributed by atoms with Gasteiger partial charge in [-0.2, -0.15) is 0 Å². The van der Waals surface area contributed by atoms with E-state index in [4.69, 9.17) is 10.2 Å². The molecule has 2 fully saturated rings. The lowest BCUT2D eigenvalue weighted by Crippen LogP contribution is -2.44. The van der Waals surface area contributed by atoms with Crippen LogP contribution in [0.3, 0.4) is 0 Å². The fraction of sp³-hybridized carbons (Fsp3) is 0.786. The second-order valence-electron chi connectivity index (χ2n) is 5.75. The first-order valence-electron chi connectivity index (χ1n) is 7.44. The number of nitrogens with zero attached hydrogens (tertiary/aromatic N) is 1. The zero-order chi connectivity index (χ0) is 15.4. The maximum Gasteiger partial charge on any atom is 0.307 e. The summed E-state index contributed by atoms with van der Waals surface area (Å²) in [5.74, 6) is -1.98. The first-order valence-corrected chi connectivity index (χ1v) is 7.44. The van der Waals surface area contributed by atoms with Crippen LogP contribution < -0.4 is 5.32 Å². The smallest absolute Gasteiger partial charge is 0.307 e. The van der Waals surface area contributed by atoms with Crippen molar-refractivity contribution in [2.45, 2.75) is 25.7 Å². The third kappa shape index (κ3) is 3.93. The van der Waals surface area contributed by atoms with Crippen LogP contribution in [-0.2, 0) is 14.4 Å². The van der Waals surface area contributed by atoms with Gasteiger partial charge in [0, 0.05) is 32.2 Å². The summed E-state index contributed by atoms with van der Waals surface area (Å²) in [5.41, 5.74) is 0. The maximum absolute atomic E-state index is 12.1. The monoisotopic (exact) mass is 298 g/mol. The number of aliphatic hydroxyl groups is 1. The molecule has 0 radical (unpaired) electrons. The number of aliphatic hydroxyl groups excluding tert-OH is 1. The number of hydrogen-bond acceptors (Lipinski definition) is 4. The van der Waals surface area contributed by atoms with Crippen molar-refractivity contribution in [2.75, 3.05) is 26.2 Å². The topological polar surface area (TPSA) is 107 Å². The molecule has 1 aliphatic carbocycles. The summed E-state index contributed by atoms with van der Waals surface area (Å²) < 4.78 is 0. The van der Waals surface area contributed by atoms with E-state index < -0.39 is 11.9 Å².